The normalized spacial score (nSPS) is 50.7. The molecule has 0 radical (unpaired) electrons. The van der Waals surface area contributed by atoms with Crippen LogP contribution in [0.25, 0.3) is 0 Å². The fourth-order valence-corrected chi connectivity index (χ4v) is 8.48. The van der Waals surface area contributed by atoms with Crippen LogP contribution >= 0.6 is 0 Å². The van der Waals surface area contributed by atoms with E-state index < -0.39 is 5.60 Å². The first kappa shape index (κ1) is 19.1. The number of hydrogen-bond acceptors (Lipinski definition) is 4. The fraction of sp³-hybridized carbons (Fsp3) is 0.875. The Morgan fingerprint density at radius 2 is 1.79 bits per heavy atom. The molecule has 0 aliphatic heterocycles. The van der Waals surface area contributed by atoms with Crippen molar-refractivity contribution in [3.05, 3.63) is 17.5 Å². The second kappa shape index (κ2) is 6.31. The average molecular weight is 388 g/mol. The van der Waals surface area contributed by atoms with E-state index in [1.807, 2.05) is 6.07 Å². The van der Waals surface area contributed by atoms with Crippen LogP contribution < -0.4 is 0 Å². The summed E-state index contributed by atoms with van der Waals surface area (Å²) in [6, 6.07) is 1.99. The maximum absolute atomic E-state index is 10.7. The predicted molar refractivity (Wildman–Crippen MR) is 108 cm³/mol. The summed E-state index contributed by atoms with van der Waals surface area (Å²) in [7, 11) is 0. The molecule has 1 aromatic heterocycles. The Labute approximate surface area is 169 Å². The summed E-state index contributed by atoms with van der Waals surface area (Å²) in [6.45, 7) is 7.06. The number of aliphatic hydroxyl groups excluding tert-OH is 1. The molecule has 156 valence electrons. The summed E-state index contributed by atoms with van der Waals surface area (Å²) in [6.07, 6.45) is 10.9. The lowest BCUT2D eigenvalue weighted by Crippen LogP contribution is -2.55. The third kappa shape index (κ3) is 2.66. The molecule has 0 bridgehead atoms. The Morgan fingerprint density at radius 3 is 2.54 bits per heavy atom. The van der Waals surface area contributed by atoms with Crippen molar-refractivity contribution in [2.45, 2.75) is 96.7 Å². The lowest BCUT2D eigenvalue weighted by Gasteiger charge is -2.61. The van der Waals surface area contributed by atoms with Crippen LogP contribution in [0, 0.1) is 34.5 Å². The van der Waals surface area contributed by atoms with Gasteiger partial charge in [-0.05, 0) is 99.2 Å². The highest BCUT2D eigenvalue weighted by Gasteiger charge is 2.61. The van der Waals surface area contributed by atoms with E-state index in [-0.39, 0.29) is 6.61 Å². The summed E-state index contributed by atoms with van der Waals surface area (Å²) in [5.41, 5.74) is 1.35. The monoisotopic (exact) mass is 387 g/mol. The maximum Gasteiger partial charge on any atom is 0.162 e. The van der Waals surface area contributed by atoms with E-state index in [9.17, 15) is 10.2 Å². The number of nitrogens with zero attached hydrogens (tertiary/aromatic N) is 1. The Bertz CT molecular complexity index is 742. The second-order valence-corrected chi connectivity index (χ2v) is 11.4. The molecule has 0 aromatic carbocycles. The summed E-state index contributed by atoms with van der Waals surface area (Å²) in [5, 5.41) is 24.4. The van der Waals surface area contributed by atoms with Gasteiger partial charge in [0.15, 0.2) is 5.76 Å². The van der Waals surface area contributed by atoms with Gasteiger partial charge in [0, 0.05) is 12.0 Å². The first-order valence-electron chi connectivity index (χ1n) is 11.6. The zero-order valence-corrected chi connectivity index (χ0v) is 17.8. The molecule has 4 heteroatoms. The van der Waals surface area contributed by atoms with Gasteiger partial charge in [-0.15, -0.1) is 0 Å². The van der Waals surface area contributed by atoms with Gasteiger partial charge in [-0.1, -0.05) is 19.0 Å². The van der Waals surface area contributed by atoms with Crippen LogP contribution in [-0.2, 0) is 6.61 Å². The van der Waals surface area contributed by atoms with Crippen LogP contribution in [0.5, 0.6) is 0 Å². The maximum atomic E-state index is 10.7. The van der Waals surface area contributed by atoms with E-state index in [1.54, 1.807) is 0 Å². The average Bonchev–Trinajstić information content (AvgIpc) is 3.25. The zero-order valence-electron chi connectivity index (χ0n) is 17.8. The largest absolute Gasteiger partial charge is 0.390 e. The number of hydrogen-bond donors (Lipinski definition) is 2. The molecule has 4 unspecified atom stereocenters. The van der Waals surface area contributed by atoms with E-state index in [0.717, 1.165) is 36.3 Å². The van der Waals surface area contributed by atoms with Crippen molar-refractivity contribution in [2.24, 2.45) is 34.5 Å². The molecule has 5 rings (SSSR count). The topological polar surface area (TPSA) is 66.5 Å². The lowest BCUT2D eigenvalue weighted by atomic mass is 9.44. The van der Waals surface area contributed by atoms with Gasteiger partial charge in [0.1, 0.15) is 6.61 Å². The quantitative estimate of drug-likeness (QED) is 0.746. The molecule has 4 aliphatic carbocycles. The van der Waals surface area contributed by atoms with Gasteiger partial charge in [-0.25, -0.2) is 0 Å². The van der Waals surface area contributed by atoms with Crippen molar-refractivity contribution in [3.63, 3.8) is 0 Å². The minimum Gasteiger partial charge on any atom is -0.390 e. The molecule has 8 atom stereocenters. The van der Waals surface area contributed by atoms with Crippen LogP contribution in [0.2, 0.25) is 0 Å². The SMILES string of the molecule is C[C@]1(O)CC[C@]2(C)C3CC[C@]4(C)C(c5cc(CO)on5)CCC4C3CC[C@H]2C1. The predicted octanol–water partition coefficient (Wildman–Crippen LogP) is 5.04. The van der Waals surface area contributed by atoms with Crippen LogP contribution in [-0.4, -0.2) is 21.0 Å². The van der Waals surface area contributed by atoms with Crippen LogP contribution in [0.15, 0.2) is 10.6 Å². The van der Waals surface area contributed by atoms with E-state index in [2.05, 4.69) is 25.9 Å². The van der Waals surface area contributed by atoms with Gasteiger partial charge in [-0.2, -0.15) is 0 Å². The van der Waals surface area contributed by atoms with Gasteiger partial charge >= 0.3 is 0 Å². The van der Waals surface area contributed by atoms with Crippen molar-refractivity contribution in [2.75, 3.05) is 0 Å². The highest BCUT2D eigenvalue weighted by Crippen LogP contribution is 2.69. The molecule has 0 saturated heterocycles. The van der Waals surface area contributed by atoms with E-state index >= 15 is 0 Å². The molecule has 4 fully saturated rings. The summed E-state index contributed by atoms with van der Waals surface area (Å²) < 4.78 is 5.34. The van der Waals surface area contributed by atoms with E-state index in [4.69, 9.17) is 4.52 Å². The van der Waals surface area contributed by atoms with Gasteiger partial charge in [0.2, 0.25) is 0 Å². The molecular weight excluding hydrogens is 350 g/mol. The highest BCUT2D eigenvalue weighted by molar-refractivity contribution is 5.20. The molecule has 28 heavy (non-hydrogen) atoms. The smallest absolute Gasteiger partial charge is 0.162 e. The van der Waals surface area contributed by atoms with Crippen molar-refractivity contribution in [1.82, 2.24) is 5.16 Å². The molecule has 4 aliphatic rings. The zero-order chi connectivity index (χ0) is 19.7. The number of rotatable bonds is 2. The van der Waals surface area contributed by atoms with Crippen LogP contribution in [0.3, 0.4) is 0 Å². The molecule has 0 spiro atoms. The van der Waals surface area contributed by atoms with Crippen molar-refractivity contribution >= 4 is 0 Å². The molecule has 1 heterocycles. The van der Waals surface area contributed by atoms with Crippen molar-refractivity contribution < 1.29 is 14.7 Å². The first-order valence-corrected chi connectivity index (χ1v) is 11.6. The van der Waals surface area contributed by atoms with Crippen LogP contribution in [0.1, 0.15) is 95.9 Å². The summed E-state index contributed by atoms with van der Waals surface area (Å²) in [5.74, 6) is 4.20. The minimum atomic E-state index is -0.448. The Balaban J connectivity index is 1.41. The lowest BCUT2D eigenvalue weighted by molar-refractivity contribution is -0.143. The van der Waals surface area contributed by atoms with Gasteiger partial charge in [0.25, 0.3) is 0 Å². The Morgan fingerprint density at radius 1 is 1.00 bits per heavy atom. The molecule has 1 aromatic rings. The van der Waals surface area contributed by atoms with Crippen molar-refractivity contribution in [3.8, 4) is 0 Å². The number of fused-ring (bicyclic) bond motifs is 5. The number of aliphatic hydroxyl groups is 2. The molecular formula is C24H37NO3. The summed E-state index contributed by atoms with van der Waals surface area (Å²) >= 11 is 0. The van der Waals surface area contributed by atoms with E-state index in [0.29, 0.717) is 28.4 Å². The van der Waals surface area contributed by atoms with Crippen molar-refractivity contribution in [1.29, 1.82) is 0 Å². The van der Waals surface area contributed by atoms with E-state index in [1.165, 1.54) is 44.9 Å². The highest BCUT2D eigenvalue weighted by atomic mass is 16.5. The second-order valence-electron chi connectivity index (χ2n) is 11.4. The Kier molecular flexibility index (Phi) is 4.31. The van der Waals surface area contributed by atoms with Gasteiger partial charge in [0.05, 0.1) is 11.3 Å². The number of aromatic nitrogens is 1. The summed E-state index contributed by atoms with van der Waals surface area (Å²) in [4.78, 5) is 0. The molecule has 0 amide bonds. The fourth-order valence-electron chi connectivity index (χ4n) is 8.48. The van der Waals surface area contributed by atoms with Crippen LogP contribution in [0.4, 0.5) is 0 Å². The third-order valence-corrected chi connectivity index (χ3v) is 10.0. The minimum absolute atomic E-state index is 0.0614. The Hall–Kier alpha value is -0.870. The molecule has 4 nitrogen and oxygen atoms in total. The standard InChI is InChI=1S/C24H37NO3/c1-22(27)10-11-23(2)15(13-22)4-5-17-18-6-7-20(21-12-16(14-26)28-25-21)24(18,3)9-8-19(17)23/h12,15,17-20,26-27H,4-11,13-14H2,1-3H3/t15-,17?,18?,19?,20?,22-,23-,24-/m0/s1. The molecule has 4 saturated carbocycles. The van der Waals surface area contributed by atoms with Gasteiger partial charge < -0.3 is 14.7 Å². The third-order valence-electron chi connectivity index (χ3n) is 10.0. The van der Waals surface area contributed by atoms with Gasteiger partial charge in [-0.3, -0.25) is 0 Å². The first-order chi connectivity index (χ1) is 13.3. The molecule has 2 N–H and O–H groups in total.